The van der Waals surface area contributed by atoms with E-state index < -0.39 is 15.8 Å². The number of nitrogens with two attached hydrogens (primary N) is 1. The van der Waals surface area contributed by atoms with E-state index in [1.807, 2.05) is 0 Å². The normalized spacial score (nSPS) is 11.8. The van der Waals surface area contributed by atoms with Crippen molar-refractivity contribution in [3.63, 3.8) is 0 Å². The molecule has 2 N–H and O–H groups in total. The van der Waals surface area contributed by atoms with Gasteiger partial charge in [0.2, 0.25) is 10.0 Å². The van der Waals surface area contributed by atoms with Crippen molar-refractivity contribution in [1.29, 1.82) is 0 Å². The van der Waals surface area contributed by atoms with Gasteiger partial charge in [-0.05, 0) is 24.3 Å². The van der Waals surface area contributed by atoms with Gasteiger partial charge in [-0.2, -0.15) is 4.31 Å². The molecule has 0 aliphatic heterocycles. The van der Waals surface area contributed by atoms with Crippen LogP contribution in [0.15, 0.2) is 47.4 Å². The summed E-state index contributed by atoms with van der Waals surface area (Å²) >= 11 is 5.78. The fraction of sp³-hybridized carbons (Fsp3) is 0.143. The second-order valence-corrected chi connectivity index (χ2v) is 6.99. The third-order valence-electron chi connectivity index (χ3n) is 3.03. The Morgan fingerprint density at radius 2 is 1.90 bits per heavy atom. The average Bonchev–Trinajstić information content (AvgIpc) is 2.44. The van der Waals surface area contributed by atoms with Gasteiger partial charge in [-0.25, -0.2) is 12.8 Å². The molecule has 2 aromatic rings. The van der Waals surface area contributed by atoms with E-state index in [-0.39, 0.29) is 22.2 Å². The molecular weight excluding hydrogens is 315 g/mol. The molecule has 0 saturated carbocycles. The van der Waals surface area contributed by atoms with Gasteiger partial charge in [0.05, 0.1) is 15.6 Å². The zero-order chi connectivity index (χ0) is 15.6. The molecule has 0 heterocycles. The molecule has 0 unspecified atom stereocenters. The number of anilines is 1. The van der Waals surface area contributed by atoms with Crippen molar-refractivity contribution in [1.82, 2.24) is 4.31 Å². The van der Waals surface area contributed by atoms with Gasteiger partial charge in [0.25, 0.3) is 0 Å². The molecule has 0 fully saturated rings. The van der Waals surface area contributed by atoms with Gasteiger partial charge < -0.3 is 5.73 Å². The number of nitrogens with zero attached hydrogens (tertiary/aromatic N) is 1. The number of benzene rings is 2. The summed E-state index contributed by atoms with van der Waals surface area (Å²) in [6, 6.07) is 10.1. The maximum absolute atomic E-state index is 13.6. The van der Waals surface area contributed by atoms with Gasteiger partial charge in [0.15, 0.2) is 0 Å². The highest BCUT2D eigenvalue weighted by Gasteiger charge is 2.22. The van der Waals surface area contributed by atoms with Crippen LogP contribution in [-0.4, -0.2) is 19.8 Å². The molecule has 0 spiro atoms. The van der Waals surface area contributed by atoms with Crippen LogP contribution in [0.25, 0.3) is 0 Å². The monoisotopic (exact) mass is 328 g/mol. The van der Waals surface area contributed by atoms with E-state index in [2.05, 4.69) is 0 Å². The van der Waals surface area contributed by atoms with Crippen molar-refractivity contribution in [2.75, 3.05) is 12.8 Å². The van der Waals surface area contributed by atoms with E-state index in [0.29, 0.717) is 5.56 Å². The highest BCUT2D eigenvalue weighted by atomic mass is 35.5. The molecule has 2 aromatic carbocycles. The first-order valence-corrected chi connectivity index (χ1v) is 7.89. The highest BCUT2D eigenvalue weighted by molar-refractivity contribution is 7.89. The van der Waals surface area contributed by atoms with Gasteiger partial charge in [-0.1, -0.05) is 29.8 Å². The minimum Gasteiger partial charge on any atom is -0.397 e. The fourth-order valence-corrected chi connectivity index (χ4v) is 3.12. The first kappa shape index (κ1) is 15.8. The number of hydrogen-bond acceptors (Lipinski definition) is 3. The van der Waals surface area contributed by atoms with Crippen LogP contribution >= 0.6 is 11.6 Å². The molecule has 0 radical (unpaired) electrons. The zero-order valence-corrected chi connectivity index (χ0v) is 12.8. The largest absolute Gasteiger partial charge is 0.397 e. The van der Waals surface area contributed by atoms with E-state index in [1.165, 1.54) is 37.4 Å². The Morgan fingerprint density at radius 3 is 2.52 bits per heavy atom. The van der Waals surface area contributed by atoms with Crippen LogP contribution in [0.5, 0.6) is 0 Å². The SMILES string of the molecule is CN(Cc1ccccc1F)S(=O)(=O)c1ccc(Cl)c(N)c1. The van der Waals surface area contributed by atoms with Gasteiger partial charge >= 0.3 is 0 Å². The van der Waals surface area contributed by atoms with E-state index in [1.54, 1.807) is 12.1 Å². The van der Waals surface area contributed by atoms with E-state index in [0.717, 1.165) is 4.31 Å². The molecule has 0 aliphatic rings. The standard InChI is InChI=1S/C14H14ClFN2O2S/c1-18(9-10-4-2-3-5-13(10)16)21(19,20)11-6-7-12(15)14(17)8-11/h2-8H,9,17H2,1H3. The molecule has 0 amide bonds. The van der Waals surface area contributed by atoms with Crippen LogP contribution in [0.4, 0.5) is 10.1 Å². The highest BCUT2D eigenvalue weighted by Crippen LogP contribution is 2.25. The first-order valence-electron chi connectivity index (χ1n) is 6.07. The van der Waals surface area contributed by atoms with Gasteiger partial charge in [-0.3, -0.25) is 0 Å². The number of nitrogen functional groups attached to an aromatic ring is 1. The Hall–Kier alpha value is -1.63. The molecule has 2 rings (SSSR count). The number of hydrogen-bond donors (Lipinski definition) is 1. The predicted octanol–water partition coefficient (Wildman–Crippen LogP) is 2.88. The van der Waals surface area contributed by atoms with Crippen molar-refractivity contribution >= 4 is 27.3 Å². The van der Waals surface area contributed by atoms with Crippen molar-refractivity contribution in [2.24, 2.45) is 0 Å². The first-order chi connectivity index (χ1) is 9.82. The molecular formula is C14H14ClFN2O2S. The van der Waals surface area contributed by atoms with Crippen molar-refractivity contribution in [3.8, 4) is 0 Å². The summed E-state index contributed by atoms with van der Waals surface area (Å²) in [7, 11) is -2.38. The summed E-state index contributed by atoms with van der Waals surface area (Å²) in [6.07, 6.45) is 0. The summed E-state index contributed by atoms with van der Waals surface area (Å²) < 4.78 is 39.5. The number of sulfonamides is 1. The average molecular weight is 329 g/mol. The molecule has 21 heavy (non-hydrogen) atoms. The molecule has 4 nitrogen and oxygen atoms in total. The number of halogens is 2. The molecule has 112 valence electrons. The Labute approximate surface area is 128 Å². The van der Waals surface area contributed by atoms with Gasteiger partial charge in [-0.15, -0.1) is 0 Å². The second kappa shape index (κ2) is 6.01. The van der Waals surface area contributed by atoms with E-state index in [4.69, 9.17) is 17.3 Å². The van der Waals surface area contributed by atoms with Crippen LogP contribution in [0.2, 0.25) is 5.02 Å². The van der Waals surface area contributed by atoms with E-state index in [9.17, 15) is 12.8 Å². The fourth-order valence-electron chi connectivity index (χ4n) is 1.81. The summed E-state index contributed by atoms with van der Waals surface area (Å²) in [5, 5.41) is 0.283. The summed E-state index contributed by atoms with van der Waals surface area (Å²) in [4.78, 5) is 0.0169. The summed E-state index contributed by atoms with van der Waals surface area (Å²) in [5.41, 5.74) is 6.09. The third kappa shape index (κ3) is 3.34. The molecule has 0 aromatic heterocycles. The Bertz CT molecular complexity index is 765. The molecule has 0 bridgehead atoms. The molecule has 7 heteroatoms. The lowest BCUT2D eigenvalue weighted by Gasteiger charge is -2.18. The minimum atomic E-state index is -3.77. The Morgan fingerprint density at radius 1 is 1.24 bits per heavy atom. The molecule has 0 atom stereocenters. The number of rotatable bonds is 4. The second-order valence-electron chi connectivity index (χ2n) is 4.54. The lowest BCUT2D eigenvalue weighted by Crippen LogP contribution is -2.27. The van der Waals surface area contributed by atoms with Crippen LogP contribution in [0.3, 0.4) is 0 Å². The van der Waals surface area contributed by atoms with Crippen LogP contribution in [-0.2, 0) is 16.6 Å². The quantitative estimate of drug-likeness (QED) is 0.878. The Kier molecular flexibility index (Phi) is 4.51. The maximum atomic E-state index is 13.6. The molecule has 0 aliphatic carbocycles. The van der Waals surface area contributed by atoms with E-state index >= 15 is 0 Å². The Balaban J connectivity index is 2.30. The van der Waals surface area contributed by atoms with Crippen molar-refractivity contribution in [2.45, 2.75) is 11.4 Å². The smallest absolute Gasteiger partial charge is 0.243 e. The minimum absolute atomic E-state index is 0.0169. The van der Waals surface area contributed by atoms with Crippen molar-refractivity contribution < 1.29 is 12.8 Å². The van der Waals surface area contributed by atoms with Gasteiger partial charge in [0.1, 0.15) is 5.82 Å². The predicted molar refractivity (Wildman–Crippen MR) is 80.9 cm³/mol. The summed E-state index contributed by atoms with van der Waals surface area (Å²) in [5.74, 6) is -0.449. The van der Waals surface area contributed by atoms with Gasteiger partial charge in [0, 0.05) is 19.2 Å². The zero-order valence-electron chi connectivity index (χ0n) is 11.3. The summed E-state index contributed by atoms with van der Waals surface area (Å²) in [6.45, 7) is -0.0719. The van der Waals surface area contributed by atoms with Crippen LogP contribution < -0.4 is 5.73 Å². The third-order valence-corrected chi connectivity index (χ3v) is 5.17. The lowest BCUT2D eigenvalue weighted by molar-refractivity contribution is 0.456. The topological polar surface area (TPSA) is 63.4 Å². The maximum Gasteiger partial charge on any atom is 0.243 e. The lowest BCUT2D eigenvalue weighted by atomic mass is 10.2. The van der Waals surface area contributed by atoms with Crippen LogP contribution in [0, 0.1) is 5.82 Å². The molecule has 0 saturated heterocycles. The van der Waals surface area contributed by atoms with Crippen molar-refractivity contribution in [3.05, 3.63) is 58.9 Å². The van der Waals surface area contributed by atoms with Crippen LogP contribution in [0.1, 0.15) is 5.56 Å².